The number of nitrogens with zero attached hydrogens (tertiary/aromatic N) is 3. The molecule has 8 nitrogen and oxygen atoms in total. The fourth-order valence-corrected chi connectivity index (χ4v) is 5.13. The van der Waals surface area contributed by atoms with Crippen molar-refractivity contribution in [2.45, 2.75) is 4.90 Å². The summed E-state index contributed by atoms with van der Waals surface area (Å²) in [7, 11) is -2.57. The van der Waals surface area contributed by atoms with Crippen LogP contribution in [0.5, 0.6) is 11.5 Å². The molecule has 0 spiro atoms. The fraction of sp³-hybridized carbons (Fsp3) is 0.333. The van der Waals surface area contributed by atoms with E-state index in [4.69, 9.17) is 14.7 Å². The van der Waals surface area contributed by atoms with Crippen molar-refractivity contribution in [3.63, 3.8) is 0 Å². The van der Waals surface area contributed by atoms with Gasteiger partial charge < -0.3 is 14.6 Å². The Morgan fingerprint density at radius 2 is 1.77 bits per heavy atom. The smallest absolute Gasteiger partial charge is 0.244 e. The minimum Gasteiger partial charge on any atom is -0.497 e. The second-order valence-electron chi connectivity index (χ2n) is 7.06. The van der Waals surface area contributed by atoms with Gasteiger partial charge in [0.1, 0.15) is 34.4 Å². The minimum atomic E-state index is -3.99. The molecule has 10 heteroatoms. The monoisotopic (exact) mass is 445 g/mol. The van der Waals surface area contributed by atoms with Crippen molar-refractivity contribution in [1.82, 2.24) is 4.31 Å². The van der Waals surface area contributed by atoms with Gasteiger partial charge in [-0.3, -0.25) is 0 Å². The van der Waals surface area contributed by atoms with Gasteiger partial charge in [-0.05, 0) is 30.3 Å². The molecule has 0 saturated carbocycles. The molecule has 1 fully saturated rings. The maximum Gasteiger partial charge on any atom is 0.244 e. The lowest BCUT2D eigenvalue weighted by atomic mass is 9.98. The predicted octanol–water partition coefficient (Wildman–Crippen LogP) is 1.89. The standard InChI is InChI=1S/C21H20FN3O5S/c1-29-18-4-5-21(15(6-18)9-24)31(27,28)25-10-16(12-26)17(11-25)13-30-19-3-2-14(8-23)20(22)7-19/h2-7,16-17,26H,10-13H2,1H3/t16?,17-/m1/s1. The van der Waals surface area contributed by atoms with E-state index in [-0.39, 0.29) is 59.9 Å². The molecule has 1 saturated heterocycles. The molecule has 0 aromatic heterocycles. The van der Waals surface area contributed by atoms with Crippen LogP contribution in [0.15, 0.2) is 41.3 Å². The summed E-state index contributed by atoms with van der Waals surface area (Å²) in [5.41, 5.74) is -0.140. The van der Waals surface area contributed by atoms with Crippen molar-refractivity contribution in [3.05, 3.63) is 53.3 Å². The fourth-order valence-electron chi connectivity index (χ4n) is 3.45. The number of rotatable bonds is 7. The zero-order valence-corrected chi connectivity index (χ0v) is 17.5. The van der Waals surface area contributed by atoms with Crippen LogP contribution in [0.1, 0.15) is 11.1 Å². The summed E-state index contributed by atoms with van der Waals surface area (Å²) in [6, 6.07) is 11.6. The maximum atomic E-state index is 13.8. The van der Waals surface area contributed by atoms with Gasteiger partial charge in [-0.25, -0.2) is 12.8 Å². The molecule has 0 amide bonds. The Bertz CT molecular complexity index is 1160. The molecule has 0 bridgehead atoms. The summed E-state index contributed by atoms with van der Waals surface area (Å²) in [5.74, 6) is -0.871. The van der Waals surface area contributed by atoms with Crippen LogP contribution in [0.25, 0.3) is 0 Å². The Balaban J connectivity index is 1.77. The van der Waals surface area contributed by atoms with E-state index in [1.807, 2.05) is 6.07 Å². The minimum absolute atomic E-state index is 0.0346. The number of ether oxygens (including phenoxy) is 2. The first-order chi connectivity index (χ1) is 14.8. The van der Waals surface area contributed by atoms with E-state index in [9.17, 15) is 23.2 Å². The number of sulfonamides is 1. The van der Waals surface area contributed by atoms with Crippen molar-refractivity contribution in [1.29, 1.82) is 10.5 Å². The highest BCUT2D eigenvalue weighted by molar-refractivity contribution is 7.89. The van der Waals surface area contributed by atoms with E-state index < -0.39 is 15.8 Å². The number of aliphatic hydroxyl groups is 1. The van der Waals surface area contributed by atoms with E-state index in [0.717, 1.165) is 6.07 Å². The molecule has 1 heterocycles. The molecule has 1 aliphatic rings. The third-order valence-corrected chi connectivity index (χ3v) is 7.12. The number of halogens is 1. The second kappa shape index (κ2) is 9.31. The number of hydrogen-bond acceptors (Lipinski definition) is 7. The summed E-state index contributed by atoms with van der Waals surface area (Å²) in [5, 5.41) is 27.9. The summed E-state index contributed by atoms with van der Waals surface area (Å²) in [6.45, 7) is -0.0689. The normalized spacial score (nSPS) is 18.9. The van der Waals surface area contributed by atoms with Gasteiger partial charge in [0.2, 0.25) is 10.0 Å². The van der Waals surface area contributed by atoms with Crippen molar-refractivity contribution in [3.8, 4) is 23.6 Å². The zero-order chi connectivity index (χ0) is 22.6. The Morgan fingerprint density at radius 3 is 2.39 bits per heavy atom. The lowest BCUT2D eigenvalue weighted by molar-refractivity contribution is 0.162. The molecule has 0 aliphatic carbocycles. The molecule has 2 aromatic carbocycles. The van der Waals surface area contributed by atoms with Gasteiger partial charge >= 0.3 is 0 Å². The first-order valence-electron chi connectivity index (χ1n) is 9.35. The van der Waals surface area contributed by atoms with Crippen LogP contribution in [0.3, 0.4) is 0 Å². The zero-order valence-electron chi connectivity index (χ0n) is 16.7. The largest absolute Gasteiger partial charge is 0.497 e. The SMILES string of the molecule is COc1ccc(S(=O)(=O)N2CC(CO)[C@@H](COc3ccc(C#N)c(F)c3)C2)c(C#N)c1. The van der Waals surface area contributed by atoms with Crippen LogP contribution < -0.4 is 9.47 Å². The molecule has 162 valence electrons. The Hall–Kier alpha value is -3.18. The molecule has 1 N–H and O–H groups in total. The quantitative estimate of drug-likeness (QED) is 0.690. The maximum absolute atomic E-state index is 13.8. The van der Waals surface area contributed by atoms with Gasteiger partial charge in [0.05, 0.1) is 24.8 Å². The summed E-state index contributed by atoms with van der Waals surface area (Å²) >= 11 is 0. The first kappa shape index (κ1) is 22.5. The lowest BCUT2D eigenvalue weighted by Crippen LogP contribution is -2.30. The van der Waals surface area contributed by atoms with Crippen LogP contribution >= 0.6 is 0 Å². The average Bonchev–Trinajstić information content (AvgIpc) is 3.21. The topological polar surface area (TPSA) is 124 Å². The molecule has 2 atom stereocenters. The van der Waals surface area contributed by atoms with E-state index in [2.05, 4.69) is 0 Å². The molecule has 31 heavy (non-hydrogen) atoms. The predicted molar refractivity (Wildman–Crippen MR) is 107 cm³/mol. The van der Waals surface area contributed by atoms with Gasteiger partial charge in [-0.1, -0.05) is 0 Å². The first-order valence-corrected chi connectivity index (χ1v) is 10.8. The van der Waals surface area contributed by atoms with Gasteiger partial charge in [0.25, 0.3) is 0 Å². The highest BCUT2D eigenvalue weighted by Crippen LogP contribution is 2.31. The van der Waals surface area contributed by atoms with Crippen molar-refractivity contribution in [2.75, 3.05) is 33.4 Å². The Kier molecular flexibility index (Phi) is 6.76. The van der Waals surface area contributed by atoms with Crippen molar-refractivity contribution < 1.29 is 27.4 Å². The Morgan fingerprint density at radius 1 is 1.10 bits per heavy atom. The average molecular weight is 445 g/mol. The van der Waals surface area contributed by atoms with Gasteiger partial charge in [0, 0.05) is 37.6 Å². The third kappa shape index (κ3) is 4.62. The number of benzene rings is 2. The lowest BCUT2D eigenvalue weighted by Gasteiger charge is -2.18. The number of hydrogen-bond donors (Lipinski definition) is 1. The highest BCUT2D eigenvalue weighted by atomic mass is 32.2. The van der Waals surface area contributed by atoms with Gasteiger partial charge in [0.15, 0.2) is 0 Å². The summed E-state index contributed by atoms with van der Waals surface area (Å²) in [4.78, 5) is -0.136. The number of methoxy groups -OCH3 is 1. The Labute approximate surface area is 179 Å². The van der Waals surface area contributed by atoms with Crippen LogP contribution in [-0.2, 0) is 10.0 Å². The van der Waals surface area contributed by atoms with Crippen LogP contribution in [0.2, 0.25) is 0 Å². The van der Waals surface area contributed by atoms with E-state index >= 15 is 0 Å². The highest BCUT2D eigenvalue weighted by Gasteiger charge is 2.40. The molecule has 1 unspecified atom stereocenters. The van der Waals surface area contributed by atoms with E-state index in [1.54, 1.807) is 6.07 Å². The van der Waals surface area contributed by atoms with Crippen molar-refractivity contribution in [2.24, 2.45) is 11.8 Å². The molecule has 1 aliphatic heterocycles. The summed E-state index contributed by atoms with van der Waals surface area (Å²) in [6.07, 6.45) is 0. The molecular formula is C21H20FN3O5S. The van der Waals surface area contributed by atoms with Gasteiger partial charge in [-0.2, -0.15) is 14.8 Å². The molecule has 2 aromatic rings. The molecular weight excluding hydrogens is 425 g/mol. The van der Waals surface area contributed by atoms with Crippen LogP contribution in [0, 0.1) is 40.3 Å². The molecule has 3 rings (SSSR count). The number of nitriles is 2. The van der Waals surface area contributed by atoms with E-state index in [0.29, 0.717) is 5.75 Å². The second-order valence-corrected chi connectivity index (χ2v) is 8.97. The third-order valence-electron chi connectivity index (χ3n) is 5.23. The molecule has 0 radical (unpaired) electrons. The summed E-state index contributed by atoms with van der Waals surface area (Å²) < 4.78 is 51.9. The number of aliphatic hydroxyl groups excluding tert-OH is 1. The van der Waals surface area contributed by atoms with Gasteiger partial charge in [-0.15, -0.1) is 0 Å². The van der Waals surface area contributed by atoms with E-state index in [1.165, 1.54) is 41.7 Å². The van der Waals surface area contributed by atoms with Crippen LogP contribution in [0.4, 0.5) is 4.39 Å². The van der Waals surface area contributed by atoms with Crippen molar-refractivity contribution >= 4 is 10.0 Å². The van der Waals surface area contributed by atoms with Crippen LogP contribution in [-0.4, -0.2) is 51.2 Å².